The van der Waals surface area contributed by atoms with Gasteiger partial charge in [0.1, 0.15) is 12.2 Å². The standard InChI is InChI=1S/C14H26N4/c1-11(2)8-18-13(16-10-17-18)7-14(5-6-14)9-15-12(3)4/h10-12,15H,5-9H2,1-4H3. The Balaban J connectivity index is 1.94. The normalized spacial score (nSPS) is 17.7. The predicted octanol–water partition coefficient (Wildman–Crippen LogP) is 2.25. The van der Waals surface area contributed by atoms with E-state index < -0.39 is 0 Å². The van der Waals surface area contributed by atoms with E-state index in [0.717, 1.165) is 25.3 Å². The predicted molar refractivity (Wildman–Crippen MR) is 73.4 cm³/mol. The van der Waals surface area contributed by atoms with E-state index in [-0.39, 0.29) is 0 Å². The number of nitrogens with one attached hydrogen (secondary N) is 1. The molecular weight excluding hydrogens is 224 g/mol. The highest BCUT2D eigenvalue weighted by Crippen LogP contribution is 2.47. The molecule has 0 saturated heterocycles. The summed E-state index contributed by atoms with van der Waals surface area (Å²) < 4.78 is 2.08. The molecule has 0 atom stereocenters. The van der Waals surface area contributed by atoms with Crippen LogP contribution in [0.25, 0.3) is 0 Å². The molecule has 1 saturated carbocycles. The van der Waals surface area contributed by atoms with E-state index in [1.807, 2.05) is 0 Å². The summed E-state index contributed by atoms with van der Waals surface area (Å²) >= 11 is 0. The van der Waals surface area contributed by atoms with E-state index in [9.17, 15) is 0 Å². The molecule has 0 spiro atoms. The van der Waals surface area contributed by atoms with Crippen molar-refractivity contribution in [2.24, 2.45) is 11.3 Å². The van der Waals surface area contributed by atoms with Gasteiger partial charge in [-0.1, -0.05) is 27.7 Å². The van der Waals surface area contributed by atoms with Gasteiger partial charge in [0.25, 0.3) is 0 Å². The summed E-state index contributed by atoms with van der Waals surface area (Å²) in [7, 11) is 0. The second-order valence-corrected chi connectivity index (χ2v) is 6.46. The van der Waals surface area contributed by atoms with Gasteiger partial charge >= 0.3 is 0 Å². The van der Waals surface area contributed by atoms with Gasteiger partial charge in [-0.3, -0.25) is 0 Å². The number of nitrogens with zero attached hydrogens (tertiary/aromatic N) is 3. The van der Waals surface area contributed by atoms with Crippen molar-refractivity contribution in [2.75, 3.05) is 6.54 Å². The quantitative estimate of drug-likeness (QED) is 0.807. The van der Waals surface area contributed by atoms with Gasteiger partial charge in [-0.05, 0) is 24.2 Å². The molecule has 0 radical (unpaired) electrons. The molecule has 0 aliphatic heterocycles. The zero-order chi connectivity index (χ0) is 13.2. The average Bonchev–Trinajstić information content (AvgIpc) is 2.92. The first kappa shape index (κ1) is 13.5. The molecule has 1 aliphatic rings. The van der Waals surface area contributed by atoms with E-state index in [2.05, 4.69) is 47.8 Å². The lowest BCUT2D eigenvalue weighted by molar-refractivity contribution is 0.397. The first-order chi connectivity index (χ1) is 8.51. The summed E-state index contributed by atoms with van der Waals surface area (Å²) in [5, 5.41) is 7.91. The molecule has 1 aromatic rings. The van der Waals surface area contributed by atoms with Crippen LogP contribution in [0.15, 0.2) is 6.33 Å². The summed E-state index contributed by atoms with van der Waals surface area (Å²) in [4.78, 5) is 4.45. The first-order valence-corrected chi connectivity index (χ1v) is 7.11. The molecule has 4 heteroatoms. The second-order valence-electron chi connectivity index (χ2n) is 6.46. The number of hydrogen-bond donors (Lipinski definition) is 1. The van der Waals surface area contributed by atoms with Crippen LogP contribution in [0.3, 0.4) is 0 Å². The zero-order valence-corrected chi connectivity index (χ0v) is 12.1. The van der Waals surface area contributed by atoms with Gasteiger partial charge in [-0.25, -0.2) is 9.67 Å². The molecule has 1 N–H and O–H groups in total. The lowest BCUT2D eigenvalue weighted by atomic mass is 10.0. The molecular formula is C14H26N4. The average molecular weight is 250 g/mol. The van der Waals surface area contributed by atoms with E-state index in [1.165, 1.54) is 12.8 Å². The Kier molecular flexibility index (Phi) is 4.05. The number of hydrogen-bond acceptors (Lipinski definition) is 3. The molecule has 18 heavy (non-hydrogen) atoms. The largest absolute Gasteiger partial charge is 0.314 e. The van der Waals surface area contributed by atoms with Gasteiger partial charge in [0.2, 0.25) is 0 Å². The second kappa shape index (κ2) is 5.39. The summed E-state index contributed by atoms with van der Waals surface area (Å²) in [6.07, 6.45) is 5.41. The third kappa shape index (κ3) is 3.55. The van der Waals surface area contributed by atoms with E-state index in [4.69, 9.17) is 0 Å². The third-order valence-electron chi connectivity index (χ3n) is 3.61. The maximum atomic E-state index is 4.45. The van der Waals surface area contributed by atoms with Crippen LogP contribution in [-0.2, 0) is 13.0 Å². The molecule has 0 bridgehead atoms. The van der Waals surface area contributed by atoms with Crippen LogP contribution in [0.4, 0.5) is 0 Å². The monoisotopic (exact) mass is 250 g/mol. The van der Waals surface area contributed by atoms with Crippen LogP contribution < -0.4 is 5.32 Å². The van der Waals surface area contributed by atoms with Gasteiger partial charge in [0, 0.05) is 25.6 Å². The highest BCUT2D eigenvalue weighted by Gasteiger charge is 2.43. The minimum atomic E-state index is 0.450. The van der Waals surface area contributed by atoms with Crippen molar-refractivity contribution in [1.29, 1.82) is 0 Å². The molecule has 1 heterocycles. The Morgan fingerprint density at radius 1 is 1.33 bits per heavy atom. The van der Waals surface area contributed by atoms with Gasteiger partial charge in [-0.2, -0.15) is 5.10 Å². The van der Waals surface area contributed by atoms with E-state index in [1.54, 1.807) is 6.33 Å². The van der Waals surface area contributed by atoms with Gasteiger partial charge < -0.3 is 5.32 Å². The van der Waals surface area contributed by atoms with Gasteiger partial charge in [0.05, 0.1) is 0 Å². The minimum Gasteiger partial charge on any atom is -0.314 e. The lowest BCUT2D eigenvalue weighted by Gasteiger charge is -2.18. The molecule has 0 amide bonds. The van der Waals surface area contributed by atoms with Gasteiger partial charge in [0.15, 0.2) is 0 Å². The molecule has 2 rings (SSSR count). The fraction of sp³-hybridized carbons (Fsp3) is 0.857. The maximum absolute atomic E-state index is 4.45. The molecule has 102 valence electrons. The fourth-order valence-electron chi connectivity index (χ4n) is 2.27. The van der Waals surface area contributed by atoms with Crippen molar-refractivity contribution in [1.82, 2.24) is 20.1 Å². The van der Waals surface area contributed by atoms with Crippen LogP contribution in [-0.4, -0.2) is 27.4 Å². The Bertz CT molecular complexity index is 377. The number of rotatable bonds is 7. The Hall–Kier alpha value is -0.900. The van der Waals surface area contributed by atoms with Gasteiger partial charge in [-0.15, -0.1) is 0 Å². The first-order valence-electron chi connectivity index (χ1n) is 7.11. The lowest BCUT2D eigenvalue weighted by Crippen LogP contribution is -2.31. The van der Waals surface area contributed by atoms with Crippen molar-refractivity contribution in [2.45, 2.75) is 59.5 Å². The molecule has 1 aliphatic carbocycles. The molecule has 0 unspecified atom stereocenters. The minimum absolute atomic E-state index is 0.450. The molecule has 4 nitrogen and oxygen atoms in total. The SMILES string of the molecule is CC(C)Cn1ncnc1CC1(CNC(C)C)CC1. The van der Waals surface area contributed by atoms with E-state index >= 15 is 0 Å². The van der Waals surface area contributed by atoms with Crippen LogP contribution in [0, 0.1) is 11.3 Å². The maximum Gasteiger partial charge on any atom is 0.138 e. The molecule has 0 aromatic carbocycles. The Labute approximate surface area is 110 Å². The highest BCUT2D eigenvalue weighted by atomic mass is 15.3. The van der Waals surface area contributed by atoms with Crippen molar-refractivity contribution in [3.8, 4) is 0 Å². The molecule has 1 aromatic heterocycles. The van der Waals surface area contributed by atoms with Crippen LogP contribution in [0.2, 0.25) is 0 Å². The van der Waals surface area contributed by atoms with Crippen molar-refractivity contribution < 1.29 is 0 Å². The summed E-state index contributed by atoms with van der Waals surface area (Å²) in [6, 6.07) is 0.566. The van der Waals surface area contributed by atoms with Crippen LogP contribution >= 0.6 is 0 Å². The Morgan fingerprint density at radius 3 is 2.61 bits per heavy atom. The summed E-state index contributed by atoms with van der Waals surface area (Å²) in [5.41, 5.74) is 0.450. The topological polar surface area (TPSA) is 42.7 Å². The number of aromatic nitrogens is 3. The van der Waals surface area contributed by atoms with Crippen LogP contribution in [0.1, 0.15) is 46.4 Å². The molecule has 1 fully saturated rings. The fourth-order valence-corrected chi connectivity index (χ4v) is 2.27. The van der Waals surface area contributed by atoms with Crippen molar-refractivity contribution in [3.05, 3.63) is 12.2 Å². The smallest absolute Gasteiger partial charge is 0.138 e. The van der Waals surface area contributed by atoms with Crippen molar-refractivity contribution in [3.63, 3.8) is 0 Å². The zero-order valence-electron chi connectivity index (χ0n) is 12.1. The van der Waals surface area contributed by atoms with Crippen LogP contribution in [0.5, 0.6) is 0 Å². The summed E-state index contributed by atoms with van der Waals surface area (Å²) in [6.45, 7) is 10.9. The summed E-state index contributed by atoms with van der Waals surface area (Å²) in [5.74, 6) is 1.78. The third-order valence-corrected chi connectivity index (χ3v) is 3.61. The van der Waals surface area contributed by atoms with Crippen molar-refractivity contribution >= 4 is 0 Å². The van der Waals surface area contributed by atoms with E-state index in [0.29, 0.717) is 17.4 Å². The highest BCUT2D eigenvalue weighted by molar-refractivity contribution is 5.03. The Morgan fingerprint density at radius 2 is 2.06 bits per heavy atom.